The van der Waals surface area contributed by atoms with Gasteiger partial charge in [-0.05, 0) is 52.7 Å². The third-order valence-corrected chi connectivity index (χ3v) is 3.84. The van der Waals surface area contributed by atoms with Crippen molar-refractivity contribution in [2.45, 2.75) is 41.5 Å². The predicted molar refractivity (Wildman–Crippen MR) is 60.1 cm³/mol. The SMILES string of the molecule is C=C1C(C)=C(C)C(C)(C)C(=O)C1(C)C. The lowest BCUT2D eigenvalue weighted by Gasteiger charge is -2.42. The van der Waals surface area contributed by atoms with Gasteiger partial charge in [-0.3, -0.25) is 4.79 Å². The Bertz CT molecular complexity index is 340. The maximum Gasteiger partial charge on any atom is 0.152 e. The zero-order valence-electron chi connectivity index (χ0n) is 10.1. The summed E-state index contributed by atoms with van der Waals surface area (Å²) in [6.07, 6.45) is 0. The number of hydrogen-bond acceptors (Lipinski definition) is 1. The molecule has 0 amide bonds. The van der Waals surface area contributed by atoms with Gasteiger partial charge in [0.25, 0.3) is 0 Å². The molecule has 0 radical (unpaired) electrons. The molecule has 0 fully saturated rings. The van der Waals surface area contributed by atoms with Crippen LogP contribution in [-0.2, 0) is 4.79 Å². The van der Waals surface area contributed by atoms with E-state index in [0.717, 1.165) is 11.1 Å². The van der Waals surface area contributed by atoms with Crippen LogP contribution < -0.4 is 0 Å². The summed E-state index contributed by atoms with van der Waals surface area (Å²) >= 11 is 0. The first-order valence-electron chi connectivity index (χ1n) is 5.06. The van der Waals surface area contributed by atoms with Crippen molar-refractivity contribution in [2.75, 3.05) is 0 Å². The van der Waals surface area contributed by atoms with Crippen LogP contribution in [0.3, 0.4) is 0 Å². The topological polar surface area (TPSA) is 17.1 Å². The van der Waals surface area contributed by atoms with Crippen molar-refractivity contribution >= 4 is 5.78 Å². The van der Waals surface area contributed by atoms with Gasteiger partial charge >= 0.3 is 0 Å². The second kappa shape index (κ2) is 2.82. The van der Waals surface area contributed by atoms with Crippen LogP contribution in [0.2, 0.25) is 0 Å². The zero-order valence-corrected chi connectivity index (χ0v) is 10.1. The van der Waals surface area contributed by atoms with E-state index in [1.54, 1.807) is 0 Å². The Hall–Kier alpha value is -0.850. The van der Waals surface area contributed by atoms with Gasteiger partial charge in [0.2, 0.25) is 0 Å². The monoisotopic (exact) mass is 192 g/mol. The van der Waals surface area contributed by atoms with Crippen LogP contribution in [0.25, 0.3) is 0 Å². The molecular formula is C13H20O. The largest absolute Gasteiger partial charge is 0.298 e. The van der Waals surface area contributed by atoms with Crippen LogP contribution in [-0.4, -0.2) is 5.78 Å². The molecule has 0 spiro atoms. The number of rotatable bonds is 0. The lowest BCUT2D eigenvalue weighted by atomic mass is 9.60. The Morgan fingerprint density at radius 3 is 1.86 bits per heavy atom. The molecule has 0 N–H and O–H groups in total. The second-order valence-electron chi connectivity index (χ2n) is 5.31. The molecule has 0 aromatic heterocycles. The van der Waals surface area contributed by atoms with Gasteiger partial charge in [0.1, 0.15) is 0 Å². The molecule has 1 aliphatic carbocycles. The second-order valence-corrected chi connectivity index (χ2v) is 5.31. The van der Waals surface area contributed by atoms with E-state index in [9.17, 15) is 4.79 Å². The van der Waals surface area contributed by atoms with Crippen molar-refractivity contribution in [3.8, 4) is 0 Å². The molecule has 1 heteroatoms. The van der Waals surface area contributed by atoms with Gasteiger partial charge in [0, 0.05) is 10.8 Å². The van der Waals surface area contributed by atoms with Gasteiger partial charge in [0.15, 0.2) is 5.78 Å². The Labute approximate surface area is 86.9 Å². The van der Waals surface area contributed by atoms with Gasteiger partial charge in [-0.25, -0.2) is 0 Å². The maximum absolute atomic E-state index is 12.2. The molecule has 1 rings (SSSR count). The van der Waals surface area contributed by atoms with Crippen molar-refractivity contribution in [3.05, 3.63) is 23.3 Å². The van der Waals surface area contributed by atoms with E-state index in [1.165, 1.54) is 5.57 Å². The molecule has 0 heterocycles. The standard InChI is InChI=1S/C13H20O/c1-8-9(2)12(4,5)11(14)13(6,7)10(8)3/h2H2,1,3-7H3. The summed E-state index contributed by atoms with van der Waals surface area (Å²) in [7, 11) is 0. The van der Waals surface area contributed by atoms with E-state index in [2.05, 4.69) is 13.5 Å². The first-order chi connectivity index (χ1) is 6.13. The van der Waals surface area contributed by atoms with E-state index in [1.807, 2.05) is 34.6 Å². The average molecular weight is 192 g/mol. The third kappa shape index (κ3) is 1.18. The lowest BCUT2D eigenvalue weighted by Crippen LogP contribution is -2.43. The van der Waals surface area contributed by atoms with Crippen LogP contribution >= 0.6 is 0 Å². The predicted octanol–water partition coefficient (Wildman–Crippen LogP) is 3.51. The molecule has 0 aromatic rings. The van der Waals surface area contributed by atoms with Crippen LogP contribution in [0.4, 0.5) is 0 Å². The number of hydrogen-bond donors (Lipinski definition) is 0. The third-order valence-electron chi connectivity index (χ3n) is 3.84. The minimum absolute atomic E-state index is 0.276. The molecule has 0 atom stereocenters. The van der Waals surface area contributed by atoms with E-state index in [-0.39, 0.29) is 11.2 Å². The van der Waals surface area contributed by atoms with Crippen LogP contribution in [0.5, 0.6) is 0 Å². The molecule has 1 nitrogen and oxygen atoms in total. The van der Waals surface area contributed by atoms with E-state index < -0.39 is 5.41 Å². The molecule has 0 bridgehead atoms. The molecular weight excluding hydrogens is 172 g/mol. The number of Topliss-reactive ketones (excluding diaryl/α,β-unsaturated/α-hetero) is 1. The zero-order chi connectivity index (χ0) is 11.3. The maximum atomic E-state index is 12.2. The normalized spacial score (nSPS) is 25.6. The molecule has 0 saturated carbocycles. The highest BCUT2D eigenvalue weighted by Crippen LogP contribution is 2.48. The first kappa shape index (κ1) is 11.2. The molecule has 0 saturated heterocycles. The highest BCUT2D eigenvalue weighted by molar-refractivity contribution is 5.97. The lowest BCUT2D eigenvalue weighted by molar-refractivity contribution is -0.132. The average Bonchev–Trinajstić information content (AvgIpc) is 2.11. The van der Waals surface area contributed by atoms with Crippen LogP contribution in [0, 0.1) is 10.8 Å². The first-order valence-corrected chi connectivity index (χ1v) is 5.06. The van der Waals surface area contributed by atoms with Gasteiger partial charge < -0.3 is 0 Å². The number of ketones is 1. The fourth-order valence-electron chi connectivity index (χ4n) is 2.25. The van der Waals surface area contributed by atoms with Crippen molar-refractivity contribution in [1.29, 1.82) is 0 Å². The van der Waals surface area contributed by atoms with E-state index in [4.69, 9.17) is 0 Å². The molecule has 0 unspecified atom stereocenters. The molecule has 14 heavy (non-hydrogen) atoms. The smallest absolute Gasteiger partial charge is 0.152 e. The molecule has 0 aromatic carbocycles. The molecule has 1 aliphatic rings. The van der Waals surface area contributed by atoms with Gasteiger partial charge in [-0.15, -0.1) is 0 Å². The van der Waals surface area contributed by atoms with Crippen molar-refractivity contribution in [1.82, 2.24) is 0 Å². The van der Waals surface area contributed by atoms with Crippen LogP contribution in [0.1, 0.15) is 41.5 Å². The van der Waals surface area contributed by atoms with Crippen molar-refractivity contribution in [3.63, 3.8) is 0 Å². The van der Waals surface area contributed by atoms with Gasteiger partial charge in [-0.1, -0.05) is 12.2 Å². The Balaban J connectivity index is 3.47. The Kier molecular flexibility index (Phi) is 2.26. The summed E-state index contributed by atoms with van der Waals surface area (Å²) < 4.78 is 0. The van der Waals surface area contributed by atoms with Gasteiger partial charge in [-0.2, -0.15) is 0 Å². The fourth-order valence-corrected chi connectivity index (χ4v) is 2.25. The van der Waals surface area contributed by atoms with E-state index >= 15 is 0 Å². The minimum Gasteiger partial charge on any atom is -0.298 e. The summed E-state index contributed by atoms with van der Waals surface area (Å²) in [5, 5.41) is 0. The Morgan fingerprint density at radius 2 is 1.43 bits per heavy atom. The summed E-state index contributed by atoms with van der Waals surface area (Å²) in [5.41, 5.74) is 2.58. The van der Waals surface area contributed by atoms with Crippen LogP contribution in [0.15, 0.2) is 23.3 Å². The summed E-state index contributed by atoms with van der Waals surface area (Å²) in [6, 6.07) is 0. The number of carbonyl (C=O) groups is 1. The molecule has 78 valence electrons. The van der Waals surface area contributed by atoms with E-state index in [0.29, 0.717) is 0 Å². The fraction of sp³-hybridized carbons (Fsp3) is 0.615. The quantitative estimate of drug-likeness (QED) is 0.574. The van der Waals surface area contributed by atoms with Crippen molar-refractivity contribution < 1.29 is 4.79 Å². The molecule has 0 aliphatic heterocycles. The minimum atomic E-state index is -0.410. The summed E-state index contributed by atoms with van der Waals surface area (Å²) in [5.74, 6) is 0.276. The van der Waals surface area contributed by atoms with Gasteiger partial charge in [0.05, 0.1) is 0 Å². The highest BCUT2D eigenvalue weighted by atomic mass is 16.1. The summed E-state index contributed by atoms with van der Waals surface area (Å²) in [6.45, 7) is 16.1. The number of allylic oxidation sites excluding steroid dienone is 3. The number of carbonyl (C=O) groups excluding carboxylic acids is 1. The van der Waals surface area contributed by atoms with Crippen molar-refractivity contribution in [2.24, 2.45) is 10.8 Å². The highest BCUT2D eigenvalue weighted by Gasteiger charge is 2.46. The summed E-state index contributed by atoms with van der Waals surface area (Å²) in [4.78, 5) is 12.2. The Morgan fingerprint density at radius 1 is 1.00 bits per heavy atom.